The van der Waals surface area contributed by atoms with E-state index in [0.29, 0.717) is 0 Å². The van der Waals surface area contributed by atoms with Crippen LogP contribution in [0.15, 0.2) is 35.2 Å². The van der Waals surface area contributed by atoms with Crippen molar-refractivity contribution in [2.24, 2.45) is 0 Å². The van der Waals surface area contributed by atoms with Crippen molar-refractivity contribution in [3.8, 4) is 11.3 Å². The topological polar surface area (TPSA) is 51.0 Å². The Bertz CT molecular complexity index is 425. The molecule has 0 unspecified atom stereocenters. The number of nitrogens with zero attached hydrogens (tertiary/aromatic N) is 2. The Labute approximate surface area is 94.7 Å². The molecule has 1 N–H and O–H groups in total. The first-order valence-electron chi connectivity index (χ1n) is 5.46. The van der Waals surface area contributed by atoms with Gasteiger partial charge in [0.15, 0.2) is 5.76 Å². The van der Waals surface area contributed by atoms with Crippen molar-refractivity contribution in [1.82, 2.24) is 15.5 Å². The van der Waals surface area contributed by atoms with Crippen LogP contribution in [-0.4, -0.2) is 16.7 Å². The van der Waals surface area contributed by atoms with E-state index >= 15 is 0 Å². The normalized spacial score (nSPS) is 10.6. The molecule has 2 aromatic heterocycles. The summed E-state index contributed by atoms with van der Waals surface area (Å²) in [6.45, 7) is 3.93. The molecule has 84 valence electrons. The number of rotatable bonds is 5. The van der Waals surface area contributed by atoms with Crippen LogP contribution in [0.25, 0.3) is 11.3 Å². The zero-order chi connectivity index (χ0) is 11.2. The Morgan fingerprint density at radius 2 is 2.12 bits per heavy atom. The van der Waals surface area contributed by atoms with Crippen molar-refractivity contribution >= 4 is 0 Å². The number of pyridine rings is 1. The second kappa shape index (κ2) is 5.42. The number of hydrogen-bond donors (Lipinski definition) is 1. The van der Waals surface area contributed by atoms with E-state index in [1.807, 2.05) is 12.1 Å². The van der Waals surface area contributed by atoms with E-state index in [1.54, 1.807) is 18.6 Å². The highest BCUT2D eigenvalue weighted by molar-refractivity contribution is 5.59. The molecular formula is C12H15N3O. The van der Waals surface area contributed by atoms with Gasteiger partial charge in [-0.2, -0.15) is 0 Å². The van der Waals surface area contributed by atoms with Crippen LogP contribution in [0.1, 0.15) is 18.9 Å². The largest absolute Gasteiger partial charge is 0.356 e. The summed E-state index contributed by atoms with van der Waals surface area (Å²) >= 11 is 0. The Morgan fingerprint density at radius 3 is 2.88 bits per heavy atom. The Kier molecular flexibility index (Phi) is 3.66. The first-order chi connectivity index (χ1) is 7.92. The van der Waals surface area contributed by atoms with Crippen molar-refractivity contribution in [2.75, 3.05) is 6.54 Å². The monoisotopic (exact) mass is 217 g/mol. The fraction of sp³-hybridized carbons (Fsp3) is 0.333. The van der Waals surface area contributed by atoms with Gasteiger partial charge in [0.2, 0.25) is 0 Å². The van der Waals surface area contributed by atoms with E-state index in [-0.39, 0.29) is 0 Å². The molecule has 0 radical (unpaired) electrons. The molecule has 16 heavy (non-hydrogen) atoms. The molecule has 0 aliphatic rings. The lowest BCUT2D eigenvalue weighted by Gasteiger charge is -2.02. The average molecular weight is 217 g/mol. The van der Waals surface area contributed by atoms with E-state index in [4.69, 9.17) is 4.52 Å². The molecule has 2 rings (SSSR count). The number of aromatic nitrogens is 2. The molecule has 0 bridgehead atoms. The summed E-state index contributed by atoms with van der Waals surface area (Å²) in [7, 11) is 0. The maximum absolute atomic E-state index is 5.26. The lowest BCUT2D eigenvalue weighted by Crippen LogP contribution is -2.13. The van der Waals surface area contributed by atoms with E-state index in [9.17, 15) is 0 Å². The zero-order valence-electron chi connectivity index (χ0n) is 9.31. The lowest BCUT2D eigenvalue weighted by molar-refractivity contribution is 0.431. The molecule has 2 aromatic rings. The van der Waals surface area contributed by atoms with Crippen LogP contribution in [0.3, 0.4) is 0 Å². The van der Waals surface area contributed by atoms with Crippen LogP contribution in [-0.2, 0) is 6.54 Å². The SMILES string of the molecule is CCCNCc1cnoc1-c1ccncc1. The molecule has 0 saturated carbocycles. The summed E-state index contributed by atoms with van der Waals surface area (Å²) in [4.78, 5) is 3.98. The highest BCUT2D eigenvalue weighted by atomic mass is 16.5. The van der Waals surface area contributed by atoms with E-state index < -0.39 is 0 Å². The predicted octanol–water partition coefficient (Wildman–Crippen LogP) is 2.24. The fourth-order valence-corrected chi connectivity index (χ4v) is 1.53. The van der Waals surface area contributed by atoms with Gasteiger partial charge in [-0.3, -0.25) is 4.98 Å². The van der Waals surface area contributed by atoms with Crippen LogP contribution in [0.2, 0.25) is 0 Å². The van der Waals surface area contributed by atoms with Gasteiger partial charge in [0.05, 0.1) is 6.20 Å². The van der Waals surface area contributed by atoms with Crippen LogP contribution in [0, 0.1) is 0 Å². The Balaban J connectivity index is 2.13. The summed E-state index contributed by atoms with van der Waals surface area (Å²) in [5.41, 5.74) is 2.10. The molecule has 0 aromatic carbocycles. The molecule has 0 aliphatic heterocycles. The van der Waals surface area contributed by atoms with Gasteiger partial charge < -0.3 is 9.84 Å². The van der Waals surface area contributed by atoms with Crippen LogP contribution < -0.4 is 5.32 Å². The van der Waals surface area contributed by atoms with Gasteiger partial charge in [-0.25, -0.2) is 0 Å². The minimum absolute atomic E-state index is 0.787. The van der Waals surface area contributed by atoms with E-state index in [1.165, 1.54) is 0 Å². The quantitative estimate of drug-likeness (QED) is 0.780. The molecule has 4 nitrogen and oxygen atoms in total. The van der Waals surface area contributed by atoms with Crippen LogP contribution in [0.5, 0.6) is 0 Å². The third kappa shape index (κ3) is 2.46. The van der Waals surface area contributed by atoms with Crippen molar-refractivity contribution in [3.05, 3.63) is 36.3 Å². The lowest BCUT2D eigenvalue weighted by atomic mass is 10.1. The fourth-order valence-electron chi connectivity index (χ4n) is 1.53. The van der Waals surface area contributed by atoms with E-state index in [0.717, 1.165) is 36.4 Å². The maximum atomic E-state index is 5.26. The first kappa shape index (κ1) is 10.8. The molecule has 0 spiro atoms. The van der Waals surface area contributed by atoms with Crippen molar-refractivity contribution < 1.29 is 4.52 Å². The van der Waals surface area contributed by atoms with Gasteiger partial charge in [0, 0.05) is 30.1 Å². The van der Waals surface area contributed by atoms with Crippen molar-refractivity contribution in [3.63, 3.8) is 0 Å². The average Bonchev–Trinajstić information content (AvgIpc) is 2.79. The summed E-state index contributed by atoms with van der Waals surface area (Å²) in [5, 5.41) is 7.17. The van der Waals surface area contributed by atoms with Gasteiger partial charge >= 0.3 is 0 Å². The van der Waals surface area contributed by atoms with Gasteiger partial charge in [-0.05, 0) is 25.1 Å². The molecule has 2 heterocycles. The molecule has 0 saturated heterocycles. The first-order valence-corrected chi connectivity index (χ1v) is 5.46. The second-order valence-corrected chi connectivity index (χ2v) is 3.59. The minimum atomic E-state index is 0.787. The second-order valence-electron chi connectivity index (χ2n) is 3.59. The molecule has 0 amide bonds. The Hall–Kier alpha value is -1.68. The smallest absolute Gasteiger partial charge is 0.171 e. The highest BCUT2D eigenvalue weighted by Crippen LogP contribution is 2.22. The Morgan fingerprint density at radius 1 is 1.31 bits per heavy atom. The molecule has 0 atom stereocenters. The van der Waals surface area contributed by atoms with Crippen molar-refractivity contribution in [2.45, 2.75) is 19.9 Å². The van der Waals surface area contributed by atoms with Gasteiger partial charge in [-0.15, -0.1) is 0 Å². The van der Waals surface area contributed by atoms with Gasteiger partial charge in [-0.1, -0.05) is 12.1 Å². The van der Waals surface area contributed by atoms with Crippen molar-refractivity contribution in [1.29, 1.82) is 0 Å². The van der Waals surface area contributed by atoms with Gasteiger partial charge in [0.1, 0.15) is 0 Å². The van der Waals surface area contributed by atoms with Gasteiger partial charge in [0.25, 0.3) is 0 Å². The third-order valence-electron chi connectivity index (χ3n) is 2.33. The molecule has 0 aliphatic carbocycles. The van der Waals surface area contributed by atoms with Crippen LogP contribution >= 0.6 is 0 Å². The number of hydrogen-bond acceptors (Lipinski definition) is 4. The standard InChI is InChI=1S/C12H15N3O/c1-2-5-14-8-11-9-15-16-12(11)10-3-6-13-7-4-10/h3-4,6-7,9,14H,2,5,8H2,1H3. The number of nitrogens with one attached hydrogen (secondary N) is 1. The molecule has 4 heteroatoms. The summed E-state index contributed by atoms with van der Waals surface area (Å²) in [6.07, 6.45) is 6.39. The van der Waals surface area contributed by atoms with E-state index in [2.05, 4.69) is 22.4 Å². The minimum Gasteiger partial charge on any atom is -0.356 e. The maximum Gasteiger partial charge on any atom is 0.171 e. The zero-order valence-corrected chi connectivity index (χ0v) is 9.31. The van der Waals surface area contributed by atoms with Crippen LogP contribution in [0.4, 0.5) is 0 Å². The summed E-state index contributed by atoms with van der Waals surface area (Å²) < 4.78 is 5.26. The molecule has 0 fully saturated rings. The predicted molar refractivity (Wildman–Crippen MR) is 61.7 cm³/mol. The third-order valence-corrected chi connectivity index (χ3v) is 2.33. The molecular weight excluding hydrogens is 202 g/mol. The summed E-state index contributed by atoms with van der Waals surface area (Å²) in [5.74, 6) is 0.825. The highest BCUT2D eigenvalue weighted by Gasteiger charge is 2.09. The summed E-state index contributed by atoms with van der Waals surface area (Å²) in [6, 6.07) is 3.84.